The number of hydrogen-bond donors (Lipinski definition) is 1. The molecule has 0 spiro atoms. The normalized spacial score (nSPS) is 10.8. The van der Waals surface area contributed by atoms with Crippen molar-refractivity contribution >= 4 is 11.6 Å². The van der Waals surface area contributed by atoms with E-state index in [1.807, 2.05) is 31.2 Å². The summed E-state index contributed by atoms with van der Waals surface area (Å²) in [6, 6.07) is 14.4. The number of carbonyl (C=O) groups excluding carboxylic acids is 1. The van der Waals surface area contributed by atoms with Crippen LogP contribution in [0.25, 0.3) is 5.69 Å². The minimum atomic E-state index is -0.767. The predicted octanol–water partition coefficient (Wildman–Crippen LogP) is 3.16. The van der Waals surface area contributed by atoms with Crippen LogP contribution in [0, 0.1) is 0 Å². The van der Waals surface area contributed by atoms with Crippen molar-refractivity contribution in [2.45, 2.75) is 33.2 Å². The summed E-state index contributed by atoms with van der Waals surface area (Å²) in [4.78, 5) is 37.3. The van der Waals surface area contributed by atoms with E-state index >= 15 is 0 Å². The van der Waals surface area contributed by atoms with Gasteiger partial charge in [-0.3, -0.25) is 23.5 Å². The molecule has 156 valence electrons. The lowest BCUT2D eigenvalue weighted by atomic mass is 10.0. The summed E-state index contributed by atoms with van der Waals surface area (Å²) in [5.41, 5.74) is 0.858. The summed E-state index contributed by atoms with van der Waals surface area (Å²) in [5.74, 6) is 0.698. The first-order valence-corrected chi connectivity index (χ1v) is 9.84. The Morgan fingerprint density at radius 2 is 1.63 bits per heavy atom. The van der Waals surface area contributed by atoms with Gasteiger partial charge in [0.25, 0.3) is 0 Å². The number of anilines is 1. The van der Waals surface area contributed by atoms with Crippen molar-refractivity contribution < 1.29 is 9.53 Å². The first-order chi connectivity index (χ1) is 14.4. The number of nitrogens with zero attached hydrogens (tertiary/aromatic N) is 2. The average Bonchev–Trinajstić information content (AvgIpc) is 2.73. The maximum Gasteiger partial charge on any atom is 0.320 e. The highest BCUT2D eigenvalue weighted by Gasteiger charge is 2.11. The van der Waals surface area contributed by atoms with E-state index in [1.165, 1.54) is 22.5 Å². The Balaban J connectivity index is 1.74. The maximum atomic E-state index is 12.5. The number of carbonyl (C=O) groups is 1. The third-order valence-electron chi connectivity index (χ3n) is 4.66. The van der Waals surface area contributed by atoms with Gasteiger partial charge < -0.3 is 10.1 Å². The molecule has 0 radical (unpaired) electrons. The van der Waals surface area contributed by atoms with E-state index in [4.69, 9.17) is 4.74 Å². The fourth-order valence-electron chi connectivity index (χ4n) is 3.01. The SMILES string of the molecule is CCOc1ccc(-n2ccn(CC(=O)Nc3ccc(C(C)C)cc3)c(=O)c2=O)cc1. The second-order valence-electron chi connectivity index (χ2n) is 7.16. The Hall–Kier alpha value is -3.61. The lowest BCUT2D eigenvalue weighted by molar-refractivity contribution is -0.116. The van der Waals surface area contributed by atoms with Crippen LogP contribution in [0.1, 0.15) is 32.3 Å². The third-order valence-corrected chi connectivity index (χ3v) is 4.66. The van der Waals surface area contributed by atoms with Crippen molar-refractivity contribution in [3.8, 4) is 11.4 Å². The Kier molecular flexibility index (Phi) is 6.51. The first-order valence-electron chi connectivity index (χ1n) is 9.84. The highest BCUT2D eigenvalue weighted by molar-refractivity contribution is 5.90. The largest absolute Gasteiger partial charge is 0.494 e. The van der Waals surface area contributed by atoms with E-state index in [2.05, 4.69) is 19.2 Å². The van der Waals surface area contributed by atoms with Crippen molar-refractivity contribution in [3.05, 3.63) is 87.2 Å². The summed E-state index contributed by atoms with van der Waals surface area (Å²) < 4.78 is 7.73. The molecule has 0 bridgehead atoms. The molecule has 0 unspecified atom stereocenters. The lowest BCUT2D eigenvalue weighted by Crippen LogP contribution is -2.41. The van der Waals surface area contributed by atoms with Crippen molar-refractivity contribution in [2.24, 2.45) is 0 Å². The van der Waals surface area contributed by atoms with Crippen LogP contribution in [-0.2, 0) is 11.3 Å². The standard InChI is InChI=1S/C23H25N3O4/c1-4-30-20-11-9-19(10-12-20)26-14-13-25(22(28)23(26)29)15-21(27)24-18-7-5-17(6-8-18)16(2)3/h5-14,16H,4,15H2,1-3H3,(H,24,27). The number of rotatable bonds is 7. The maximum absolute atomic E-state index is 12.5. The molecule has 3 rings (SSSR count). The summed E-state index contributed by atoms with van der Waals surface area (Å²) in [6.45, 7) is 6.36. The van der Waals surface area contributed by atoms with E-state index in [0.29, 0.717) is 29.6 Å². The van der Waals surface area contributed by atoms with Gasteiger partial charge in [0, 0.05) is 23.8 Å². The molecule has 7 nitrogen and oxygen atoms in total. The second kappa shape index (κ2) is 9.26. The molecule has 0 aliphatic rings. The number of amides is 1. The van der Waals surface area contributed by atoms with E-state index < -0.39 is 11.1 Å². The van der Waals surface area contributed by atoms with Crippen LogP contribution in [0.2, 0.25) is 0 Å². The Morgan fingerprint density at radius 3 is 2.23 bits per heavy atom. The Bertz CT molecular complexity index is 1130. The van der Waals surface area contributed by atoms with Gasteiger partial charge in [0.1, 0.15) is 12.3 Å². The molecule has 0 fully saturated rings. The molecule has 30 heavy (non-hydrogen) atoms. The van der Waals surface area contributed by atoms with E-state index in [9.17, 15) is 14.4 Å². The minimum Gasteiger partial charge on any atom is -0.494 e. The molecule has 1 amide bonds. The zero-order chi connectivity index (χ0) is 21.7. The van der Waals surface area contributed by atoms with Crippen LogP contribution in [0.4, 0.5) is 5.69 Å². The molecule has 0 saturated heterocycles. The van der Waals surface area contributed by atoms with Gasteiger partial charge in [-0.05, 0) is 54.8 Å². The first kappa shape index (κ1) is 21.1. The average molecular weight is 407 g/mol. The molecule has 2 aromatic carbocycles. The number of ether oxygens (including phenoxy) is 1. The van der Waals surface area contributed by atoms with Crippen LogP contribution < -0.4 is 21.2 Å². The fourth-order valence-corrected chi connectivity index (χ4v) is 3.01. The van der Waals surface area contributed by atoms with Gasteiger partial charge in [0.2, 0.25) is 5.91 Å². The summed E-state index contributed by atoms with van der Waals surface area (Å²) >= 11 is 0. The molecule has 0 atom stereocenters. The quantitative estimate of drug-likeness (QED) is 0.610. The number of benzene rings is 2. The predicted molar refractivity (Wildman–Crippen MR) is 117 cm³/mol. The number of nitrogens with one attached hydrogen (secondary N) is 1. The fraction of sp³-hybridized carbons (Fsp3) is 0.261. The third kappa shape index (κ3) is 4.86. The Labute approximate surface area is 174 Å². The molecular weight excluding hydrogens is 382 g/mol. The molecule has 1 aromatic heterocycles. The van der Waals surface area contributed by atoms with E-state index in [0.717, 1.165) is 4.57 Å². The lowest BCUT2D eigenvalue weighted by Gasteiger charge is -2.11. The zero-order valence-corrected chi connectivity index (χ0v) is 17.3. The molecule has 0 aliphatic carbocycles. The van der Waals surface area contributed by atoms with Crippen molar-refractivity contribution in [1.82, 2.24) is 9.13 Å². The van der Waals surface area contributed by atoms with Gasteiger partial charge in [0.05, 0.1) is 6.61 Å². The van der Waals surface area contributed by atoms with Gasteiger partial charge >= 0.3 is 11.1 Å². The summed E-state index contributed by atoms with van der Waals surface area (Å²) in [7, 11) is 0. The van der Waals surface area contributed by atoms with Gasteiger partial charge in [0.15, 0.2) is 0 Å². The number of aromatic nitrogens is 2. The zero-order valence-electron chi connectivity index (χ0n) is 17.3. The van der Waals surface area contributed by atoms with Crippen molar-refractivity contribution in [1.29, 1.82) is 0 Å². The Morgan fingerprint density at radius 1 is 0.967 bits per heavy atom. The van der Waals surface area contributed by atoms with Gasteiger partial charge in [-0.15, -0.1) is 0 Å². The topological polar surface area (TPSA) is 82.3 Å². The molecule has 1 N–H and O–H groups in total. The molecular formula is C23H25N3O4. The smallest absolute Gasteiger partial charge is 0.320 e. The van der Waals surface area contributed by atoms with Crippen LogP contribution in [-0.4, -0.2) is 21.6 Å². The van der Waals surface area contributed by atoms with E-state index in [-0.39, 0.29) is 12.5 Å². The van der Waals surface area contributed by atoms with Crippen LogP contribution in [0.15, 0.2) is 70.5 Å². The monoisotopic (exact) mass is 407 g/mol. The van der Waals surface area contributed by atoms with Crippen molar-refractivity contribution in [2.75, 3.05) is 11.9 Å². The van der Waals surface area contributed by atoms with Gasteiger partial charge in [-0.25, -0.2) is 0 Å². The van der Waals surface area contributed by atoms with Crippen LogP contribution >= 0.6 is 0 Å². The molecule has 0 saturated carbocycles. The van der Waals surface area contributed by atoms with Crippen molar-refractivity contribution in [3.63, 3.8) is 0 Å². The molecule has 7 heteroatoms. The van der Waals surface area contributed by atoms with Gasteiger partial charge in [-0.2, -0.15) is 0 Å². The minimum absolute atomic E-state index is 0.246. The van der Waals surface area contributed by atoms with Gasteiger partial charge in [-0.1, -0.05) is 26.0 Å². The van der Waals surface area contributed by atoms with E-state index in [1.54, 1.807) is 24.3 Å². The van der Waals surface area contributed by atoms with Crippen LogP contribution in [0.3, 0.4) is 0 Å². The molecule has 3 aromatic rings. The molecule has 1 heterocycles. The summed E-state index contributed by atoms with van der Waals surface area (Å²) in [6.07, 6.45) is 2.91. The number of hydrogen-bond acceptors (Lipinski definition) is 4. The second-order valence-corrected chi connectivity index (χ2v) is 7.16. The highest BCUT2D eigenvalue weighted by Crippen LogP contribution is 2.17. The van der Waals surface area contributed by atoms with Crippen LogP contribution in [0.5, 0.6) is 5.75 Å². The molecule has 0 aliphatic heterocycles. The highest BCUT2D eigenvalue weighted by atomic mass is 16.5. The summed E-state index contributed by atoms with van der Waals surface area (Å²) in [5, 5.41) is 2.75.